The maximum absolute atomic E-state index is 12.2. The van der Waals surface area contributed by atoms with Gasteiger partial charge in [-0.1, -0.05) is 12.2 Å². The molecule has 0 saturated heterocycles. The number of allylic oxidation sites excluding steroid dienone is 4. The molecule has 0 radical (unpaired) electrons. The van der Waals surface area contributed by atoms with Crippen molar-refractivity contribution in [3.8, 4) is 11.5 Å². The van der Waals surface area contributed by atoms with E-state index in [2.05, 4.69) is 43.8 Å². The van der Waals surface area contributed by atoms with Gasteiger partial charge in [-0.2, -0.15) is 0 Å². The van der Waals surface area contributed by atoms with Crippen LogP contribution in [0.15, 0.2) is 27.2 Å². The lowest BCUT2D eigenvalue weighted by Crippen LogP contribution is -2.31. The van der Waals surface area contributed by atoms with Crippen molar-refractivity contribution in [2.75, 3.05) is 20.7 Å². The number of carbonyl (C=O) groups excluding carboxylic acids is 1. The molecule has 1 spiro atoms. The van der Waals surface area contributed by atoms with Gasteiger partial charge < -0.3 is 9.84 Å². The molecule has 4 nitrogen and oxygen atoms in total. The topological polar surface area (TPSA) is 49.8 Å². The maximum Gasteiger partial charge on any atom is 0.206 e. The molecule has 1 atom stereocenters. The van der Waals surface area contributed by atoms with Crippen molar-refractivity contribution in [2.24, 2.45) is 0 Å². The van der Waals surface area contributed by atoms with Crippen molar-refractivity contribution in [3.05, 3.63) is 43.9 Å². The van der Waals surface area contributed by atoms with E-state index in [4.69, 9.17) is 4.74 Å². The fourth-order valence-electron chi connectivity index (χ4n) is 4.28. The molecule has 0 bridgehead atoms. The number of phenolic OH excluding ortho intramolecular Hbond substituents is 1. The summed E-state index contributed by atoms with van der Waals surface area (Å²) in [5, 5.41) is 10.9. The lowest BCUT2D eigenvalue weighted by Gasteiger charge is -2.32. The predicted octanol–water partition coefficient (Wildman–Crippen LogP) is 3.71. The van der Waals surface area contributed by atoms with Gasteiger partial charge in [0, 0.05) is 23.6 Å². The summed E-state index contributed by atoms with van der Waals surface area (Å²) in [6.07, 6.45) is 5.59. The molecule has 1 aromatic carbocycles. The van der Waals surface area contributed by atoms with E-state index in [1.165, 1.54) is 11.1 Å². The second-order valence-electron chi connectivity index (χ2n) is 6.68. The number of carbonyl (C=O) groups is 1. The number of halogens is 2. The Morgan fingerprint density at radius 1 is 1.33 bits per heavy atom. The minimum atomic E-state index is -0.516. The Kier molecular flexibility index (Phi) is 3.71. The Hall–Kier alpha value is -1.11. The van der Waals surface area contributed by atoms with Crippen LogP contribution in [0, 0.1) is 0 Å². The highest BCUT2D eigenvalue weighted by Gasteiger charge is 2.49. The van der Waals surface area contributed by atoms with Gasteiger partial charge in [-0.25, -0.2) is 0 Å². The van der Waals surface area contributed by atoms with Crippen LogP contribution < -0.4 is 4.74 Å². The molecule has 1 aliphatic heterocycles. The van der Waals surface area contributed by atoms with E-state index >= 15 is 0 Å². The molecule has 3 aliphatic rings. The highest BCUT2D eigenvalue weighted by atomic mass is 79.9. The average Bonchev–Trinajstić information content (AvgIpc) is 2.87. The number of ether oxygens (including phenoxy) is 1. The zero-order valence-electron chi connectivity index (χ0n) is 13.4. The van der Waals surface area contributed by atoms with Crippen LogP contribution in [-0.4, -0.2) is 36.5 Å². The van der Waals surface area contributed by atoms with E-state index in [9.17, 15) is 9.90 Å². The number of hydrogen-bond donors (Lipinski definition) is 1. The third kappa shape index (κ3) is 2.09. The highest BCUT2D eigenvalue weighted by Crippen LogP contribution is 2.59. The van der Waals surface area contributed by atoms with E-state index in [-0.39, 0.29) is 17.6 Å². The van der Waals surface area contributed by atoms with Crippen LogP contribution >= 0.6 is 31.9 Å². The zero-order valence-corrected chi connectivity index (χ0v) is 16.6. The number of nitrogens with zero attached hydrogens (tertiary/aromatic N) is 1. The van der Waals surface area contributed by atoms with Crippen molar-refractivity contribution in [1.29, 1.82) is 0 Å². The van der Waals surface area contributed by atoms with E-state index in [0.29, 0.717) is 14.7 Å². The quantitative estimate of drug-likeness (QED) is 0.702. The lowest BCUT2D eigenvalue weighted by molar-refractivity contribution is -0.111. The van der Waals surface area contributed by atoms with Crippen LogP contribution in [0.4, 0.5) is 0 Å². The first-order chi connectivity index (χ1) is 11.4. The summed E-state index contributed by atoms with van der Waals surface area (Å²) in [6.45, 7) is 0.968. The summed E-state index contributed by atoms with van der Waals surface area (Å²) in [5.41, 5.74) is 2.77. The molecule has 2 aliphatic carbocycles. The van der Waals surface area contributed by atoms with Gasteiger partial charge in [-0.15, -0.1) is 0 Å². The van der Waals surface area contributed by atoms with Gasteiger partial charge >= 0.3 is 0 Å². The number of aromatic hydroxyl groups is 1. The Morgan fingerprint density at radius 2 is 2.00 bits per heavy atom. The monoisotopic (exact) mass is 453 g/mol. The molecule has 0 saturated carbocycles. The second kappa shape index (κ2) is 5.44. The van der Waals surface area contributed by atoms with Crippen LogP contribution in [0.2, 0.25) is 0 Å². The lowest BCUT2D eigenvalue weighted by atomic mass is 9.77. The fraction of sp³-hybridized carbons (Fsp3) is 0.389. The maximum atomic E-state index is 12.2. The standard InChI is InChI=1S/C18H17Br2NO3/c1-21-4-3-9-5-13(24-2)17(23)15-14(9)12(21)8-18(15)6-10(19)16(22)11(20)7-18/h5-7,12,23H,3-4,8H2,1-2H3/t12-/m1/s1. The minimum absolute atomic E-state index is 0.0727. The molecule has 24 heavy (non-hydrogen) atoms. The average molecular weight is 455 g/mol. The van der Waals surface area contributed by atoms with Crippen molar-refractivity contribution in [2.45, 2.75) is 24.3 Å². The fourth-order valence-corrected chi connectivity index (χ4v) is 5.79. The SMILES string of the molecule is COc1cc2c3c(c1O)C1(C=C(Br)C(=O)C(Br)=C1)C[C@H]3N(C)CC2. The van der Waals surface area contributed by atoms with Gasteiger partial charge in [0.25, 0.3) is 0 Å². The van der Waals surface area contributed by atoms with Crippen molar-refractivity contribution >= 4 is 37.6 Å². The number of likely N-dealkylation sites (N-methyl/N-ethyl adjacent to an activating group) is 1. The number of ketones is 1. The minimum Gasteiger partial charge on any atom is -0.504 e. The van der Waals surface area contributed by atoms with E-state index in [0.717, 1.165) is 24.9 Å². The van der Waals surface area contributed by atoms with Crippen molar-refractivity contribution < 1.29 is 14.6 Å². The second-order valence-corrected chi connectivity index (χ2v) is 8.39. The summed E-state index contributed by atoms with van der Waals surface area (Å²) < 4.78 is 6.46. The summed E-state index contributed by atoms with van der Waals surface area (Å²) in [4.78, 5) is 14.5. The van der Waals surface area contributed by atoms with Crippen LogP contribution in [0.3, 0.4) is 0 Å². The van der Waals surface area contributed by atoms with Gasteiger partial charge in [-0.05, 0) is 68.9 Å². The Balaban J connectivity index is 2.04. The van der Waals surface area contributed by atoms with Crippen LogP contribution in [-0.2, 0) is 16.6 Å². The molecule has 1 N–H and O–H groups in total. The first kappa shape index (κ1) is 16.4. The molecule has 0 fully saturated rings. The van der Waals surface area contributed by atoms with E-state index in [1.54, 1.807) is 7.11 Å². The van der Waals surface area contributed by atoms with Gasteiger partial charge in [0.2, 0.25) is 5.78 Å². The van der Waals surface area contributed by atoms with Crippen LogP contribution in [0.25, 0.3) is 0 Å². The molecule has 0 aromatic heterocycles. The smallest absolute Gasteiger partial charge is 0.206 e. The predicted molar refractivity (Wildman–Crippen MR) is 99.1 cm³/mol. The highest BCUT2D eigenvalue weighted by molar-refractivity contribution is 9.13. The number of rotatable bonds is 1. The first-order valence-electron chi connectivity index (χ1n) is 7.83. The normalized spacial score (nSPS) is 24.7. The van der Waals surface area contributed by atoms with Crippen molar-refractivity contribution in [3.63, 3.8) is 0 Å². The molecule has 1 aromatic rings. The summed E-state index contributed by atoms with van der Waals surface area (Å²) in [7, 11) is 3.69. The van der Waals surface area contributed by atoms with Crippen molar-refractivity contribution in [1.82, 2.24) is 4.90 Å². The zero-order chi connectivity index (χ0) is 17.2. The Morgan fingerprint density at radius 3 is 2.62 bits per heavy atom. The Labute approximate surface area is 157 Å². The van der Waals surface area contributed by atoms with Crippen LogP contribution in [0.5, 0.6) is 11.5 Å². The summed E-state index contributed by atoms with van der Waals surface area (Å²) in [5.74, 6) is 0.604. The van der Waals surface area contributed by atoms with Crippen LogP contribution in [0.1, 0.15) is 29.2 Å². The molecule has 0 unspecified atom stereocenters. The molecular weight excluding hydrogens is 438 g/mol. The third-order valence-corrected chi connectivity index (χ3v) is 6.59. The van der Waals surface area contributed by atoms with Gasteiger partial charge in [-0.3, -0.25) is 9.69 Å². The van der Waals surface area contributed by atoms with E-state index < -0.39 is 5.41 Å². The molecule has 0 amide bonds. The number of phenols is 1. The number of Topliss-reactive ketones (excluding diaryl/α,β-unsaturated/α-hetero) is 1. The molecular formula is C18H17Br2NO3. The molecule has 1 heterocycles. The third-order valence-electron chi connectivity index (χ3n) is 5.41. The number of hydrogen-bond acceptors (Lipinski definition) is 4. The Bertz CT molecular complexity index is 806. The molecule has 4 rings (SSSR count). The number of methoxy groups -OCH3 is 1. The van der Waals surface area contributed by atoms with Gasteiger partial charge in [0.05, 0.1) is 16.1 Å². The van der Waals surface area contributed by atoms with E-state index in [1.807, 2.05) is 18.2 Å². The number of benzene rings is 1. The molecule has 6 heteroatoms. The number of fused-ring (bicyclic) bond motifs is 1. The first-order valence-corrected chi connectivity index (χ1v) is 9.41. The summed E-state index contributed by atoms with van der Waals surface area (Å²) in [6, 6.07) is 2.18. The largest absolute Gasteiger partial charge is 0.504 e. The van der Waals surface area contributed by atoms with Gasteiger partial charge in [0.15, 0.2) is 11.5 Å². The molecule has 126 valence electrons. The van der Waals surface area contributed by atoms with Gasteiger partial charge in [0.1, 0.15) is 0 Å². The summed E-state index contributed by atoms with van der Waals surface area (Å²) >= 11 is 6.79.